The van der Waals surface area contributed by atoms with Crippen molar-refractivity contribution in [3.63, 3.8) is 0 Å². The van der Waals surface area contributed by atoms with Crippen LogP contribution in [0.3, 0.4) is 0 Å². The highest BCUT2D eigenvalue weighted by Gasteiger charge is 2.18. The molecule has 0 bridgehead atoms. The van der Waals surface area contributed by atoms with Gasteiger partial charge in [-0.05, 0) is 69.8 Å². The van der Waals surface area contributed by atoms with Crippen LogP contribution in [0.2, 0.25) is 0 Å². The van der Waals surface area contributed by atoms with Crippen LogP contribution in [0.15, 0.2) is 84.9 Å². The maximum atomic E-state index is 11.6. The van der Waals surface area contributed by atoms with Gasteiger partial charge in [0.05, 0.1) is 22.3 Å². The van der Waals surface area contributed by atoms with Crippen molar-refractivity contribution < 1.29 is 39.6 Å². The van der Waals surface area contributed by atoms with Gasteiger partial charge in [0.25, 0.3) is 0 Å². The van der Waals surface area contributed by atoms with Crippen LogP contribution in [-0.2, 0) is 0 Å². The Morgan fingerprint density at radius 3 is 0.889 bits per heavy atom. The number of carbonyl (C=O) groups is 4. The van der Waals surface area contributed by atoms with Crippen LogP contribution < -0.4 is 0 Å². The van der Waals surface area contributed by atoms with Crippen molar-refractivity contribution >= 4 is 23.9 Å². The third-order valence-electron chi connectivity index (χ3n) is 5.62. The van der Waals surface area contributed by atoms with Gasteiger partial charge in [-0.1, -0.05) is 48.5 Å². The van der Waals surface area contributed by atoms with E-state index in [9.17, 15) is 39.6 Å². The van der Waals surface area contributed by atoms with Crippen LogP contribution in [0, 0.1) is 0 Å². The molecule has 8 nitrogen and oxygen atoms in total. The number of carboxylic acids is 4. The third-order valence-corrected chi connectivity index (χ3v) is 5.62. The smallest absolute Gasteiger partial charge is 0.335 e. The topological polar surface area (TPSA) is 149 Å². The number of rotatable bonds is 7. The Balaban J connectivity index is 1.98. The fraction of sp³-hybridized carbons (Fsp3) is 0. The molecule has 4 N–H and O–H groups in total. The van der Waals surface area contributed by atoms with Crippen molar-refractivity contribution in [2.75, 3.05) is 0 Å². The number of aromatic carboxylic acids is 4. The van der Waals surface area contributed by atoms with Crippen molar-refractivity contribution in [2.45, 2.75) is 0 Å². The molecule has 4 rings (SSSR count). The first-order valence-electron chi connectivity index (χ1n) is 10.6. The molecule has 0 unspecified atom stereocenters. The zero-order valence-electron chi connectivity index (χ0n) is 18.5. The van der Waals surface area contributed by atoms with Gasteiger partial charge in [-0.15, -0.1) is 0 Å². The maximum Gasteiger partial charge on any atom is 0.335 e. The van der Waals surface area contributed by atoms with Crippen LogP contribution in [0.4, 0.5) is 0 Å². The molecule has 0 saturated heterocycles. The Morgan fingerprint density at radius 1 is 0.389 bits per heavy atom. The number of carboxylic acid groups (broad SMARTS) is 4. The van der Waals surface area contributed by atoms with Gasteiger partial charge in [-0.3, -0.25) is 0 Å². The molecule has 0 fully saturated rings. The molecule has 0 aliphatic heterocycles. The van der Waals surface area contributed by atoms with E-state index in [4.69, 9.17) is 0 Å². The van der Waals surface area contributed by atoms with Crippen LogP contribution in [-0.4, -0.2) is 44.3 Å². The first-order valence-corrected chi connectivity index (χ1v) is 10.6. The van der Waals surface area contributed by atoms with E-state index < -0.39 is 23.9 Å². The summed E-state index contributed by atoms with van der Waals surface area (Å²) in [5, 5.41) is 38.0. The standard InChI is InChI=1S/C28H18O8/c29-25(30)17-9-15(10-18(13-17)26(31)32)21-5-1-3-7-23(21)24-8-4-2-6-22(24)16-11-19(27(33)34)14-20(12-16)28(35)36/h1-14H,(H,29,30)(H,31,32)(H,33,34)(H,35,36). The minimum atomic E-state index is -1.27. The summed E-state index contributed by atoms with van der Waals surface area (Å²) in [5.41, 5.74) is 2.30. The lowest BCUT2D eigenvalue weighted by Crippen LogP contribution is -2.04. The van der Waals surface area contributed by atoms with Crippen molar-refractivity contribution in [1.29, 1.82) is 0 Å². The lowest BCUT2D eigenvalue weighted by Gasteiger charge is -2.16. The minimum absolute atomic E-state index is 0.187. The molecular formula is C28H18O8. The highest BCUT2D eigenvalue weighted by Crippen LogP contribution is 2.39. The normalized spacial score (nSPS) is 10.6. The summed E-state index contributed by atoms with van der Waals surface area (Å²) in [4.78, 5) is 46.6. The maximum absolute atomic E-state index is 11.6. The molecule has 8 heteroatoms. The molecule has 0 radical (unpaired) electrons. The fourth-order valence-corrected chi connectivity index (χ4v) is 4.00. The summed E-state index contributed by atoms with van der Waals surface area (Å²) in [6.45, 7) is 0. The van der Waals surface area contributed by atoms with Crippen molar-refractivity contribution in [1.82, 2.24) is 0 Å². The molecule has 0 aliphatic carbocycles. The van der Waals surface area contributed by atoms with Gasteiger partial charge in [-0.25, -0.2) is 19.2 Å². The lowest BCUT2D eigenvalue weighted by atomic mass is 9.87. The van der Waals surface area contributed by atoms with E-state index in [1.54, 1.807) is 48.5 Å². The quantitative estimate of drug-likeness (QED) is 0.270. The van der Waals surface area contributed by atoms with E-state index >= 15 is 0 Å². The van der Waals surface area contributed by atoms with Gasteiger partial charge in [-0.2, -0.15) is 0 Å². The Labute approximate surface area is 204 Å². The highest BCUT2D eigenvalue weighted by atomic mass is 16.4. The molecule has 36 heavy (non-hydrogen) atoms. The monoisotopic (exact) mass is 482 g/mol. The Hall–Kier alpha value is -5.24. The fourth-order valence-electron chi connectivity index (χ4n) is 4.00. The zero-order chi connectivity index (χ0) is 26.0. The molecule has 0 heterocycles. The summed E-state index contributed by atoms with van der Waals surface area (Å²) in [5.74, 6) is -5.10. The van der Waals surface area contributed by atoms with Crippen LogP contribution in [0.1, 0.15) is 41.4 Å². The summed E-state index contributed by atoms with van der Waals surface area (Å²) >= 11 is 0. The molecule has 0 aliphatic rings. The number of benzene rings is 4. The average molecular weight is 482 g/mol. The number of hydrogen-bond acceptors (Lipinski definition) is 4. The average Bonchev–Trinajstić information content (AvgIpc) is 2.88. The van der Waals surface area contributed by atoms with E-state index in [2.05, 4.69) is 0 Å². The largest absolute Gasteiger partial charge is 0.478 e. The predicted molar refractivity (Wildman–Crippen MR) is 131 cm³/mol. The van der Waals surface area contributed by atoms with Gasteiger partial charge < -0.3 is 20.4 Å². The van der Waals surface area contributed by atoms with Crippen molar-refractivity contribution in [2.24, 2.45) is 0 Å². The SMILES string of the molecule is O=C(O)c1cc(C(=O)O)cc(-c2ccccc2-c2ccccc2-c2cc(C(=O)O)cc(C(=O)O)c2)c1. The van der Waals surface area contributed by atoms with Gasteiger partial charge in [0.2, 0.25) is 0 Å². The summed E-state index contributed by atoms with van der Waals surface area (Å²) in [7, 11) is 0. The molecular weight excluding hydrogens is 464 g/mol. The van der Waals surface area contributed by atoms with Crippen LogP contribution in [0.5, 0.6) is 0 Å². The molecule has 4 aromatic carbocycles. The minimum Gasteiger partial charge on any atom is -0.478 e. The van der Waals surface area contributed by atoms with E-state index in [-0.39, 0.29) is 22.3 Å². The summed E-state index contributed by atoms with van der Waals surface area (Å²) < 4.78 is 0. The molecule has 0 amide bonds. The number of hydrogen-bond donors (Lipinski definition) is 4. The molecule has 4 aromatic rings. The Kier molecular flexibility index (Phi) is 6.34. The van der Waals surface area contributed by atoms with Crippen molar-refractivity contribution in [3.8, 4) is 33.4 Å². The van der Waals surface area contributed by atoms with Crippen molar-refractivity contribution in [3.05, 3.63) is 107 Å². The predicted octanol–water partition coefficient (Wildman–Crippen LogP) is 5.48. The van der Waals surface area contributed by atoms with Gasteiger partial charge >= 0.3 is 23.9 Å². The second-order valence-corrected chi connectivity index (χ2v) is 7.91. The molecule has 0 atom stereocenters. The highest BCUT2D eigenvalue weighted by molar-refractivity contribution is 6.00. The summed E-state index contributed by atoms with van der Waals surface area (Å²) in [6, 6.07) is 21.6. The second kappa shape index (κ2) is 9.55. The first-order chi connectivity index (χ1) is 17.2. The van der Waals surface area contributed by atoms with E-state index in [1.165, 1.54) is 24.3 Å². The van der Waals surface area contributed by atoms with E-state index in [0.717, 1.165) is 12.1 Å². The van der Waals surface area contributed by atoms with E-state index in [1.807, 2.05) is 0 Å². The molecule has 178 valence electrons. The van der Waals surface area contributed by atoms with Gasteiger partial charge in [0, 0.05) is 0 Å². The zero-order valence-corrected chi connectivity index (χ0v) is 18.5. The van der Waals surface area contributed by atoms with Gasteiger partial charge in [0.1, 0.15) is 0 Å². The first kappa shape index (κ1) is 23.9. The Morgan fingerprint density at radius 2 is 0.639 bits per heavy atom. The lowest BCUT2D eigenvalue weighted by molar-refractivity contribution is 0.0676. The van der Waals surface area contributed by atoms with E-state index in [0.29, 0.717) is 33.4 Å². The second-order valence-electron chi connectivity index (χ2n) is 7.91. The molecule has 0 aromatic heterocycles. The summed E-state index contributed by atoms with van der Waals surface area (Å²) in [6.07, 6.45) is 0. The van der Waals surface area contributed by atoms with Crippen LogP contribution in [0.25, 0.3) is 33.4 Å². The van der Waals surface area contributed by atoms with Crippen LogP contribution >= 0.6 is 0 Å². The Bertz CT molecular complexity index is 1370. The molecule has 0 saturated carbocycles. The molecule has 0 spiro atoms. The van der Waals surface area contributed by atoms with Gasteiger partial charge in [0.15, 0.2) is 0 Å². The third kappa shape index (κ3) is 4.69.